The third-order valence-electron chi connectivity index (χ3n) is 2.05. The summed E-state index contributed by atoms with van der Waals surface area (Å²) in [6, 6.07) is 0. The average Bonchev–Trinajstić information content (AvgIpc) is 2.20. The number of rotatable bonds is 2. The minimum atomic E-state index is -0.155. The van der Waals surface area contributed by atoms with E-state index in [1.54, 1.807) is 7.11 Å². The fourth-order valence-corrected chi connectivity index (χ4v) is 1.46. The molecule has 3 atom stereocenters. The Balaban J connectivity index is 0. The van der Waals surface area contributed by atoms with Crippen molar-refractivity contribution in [1.29, 1.82) is 0 Å². The summed E-state index contributed by atoms with van der Waals surface area (Å²) in [4.78, 5) is 0. The van der Waals surface area contributed by atoms with E-state index in [4.69, 9.17) is 9.47 Å². The van der Waals surface area contributed by atoms with Crippen LogP contribution < -0.4 is 56.5 Å². The Bertz CT molecular complexity index is 110. The summed E-state index contributed by atoms with van der Waals surface area (Å²) in [6.07, 6.45) is 1.50. The largest absolute Gasteiger partial charge is 1.00 e. The van der Waals surface area contributed by atoms with Crippen LogP contribution in [0.15, 0.2) is 0 Å². The summed E-state index contributed by atoms with van der Waals surface area (Å²) in [5.74, 6) is 0.549. The first-order chi connectivity index (χ1) is 6.26. The molecule has 1 aliphatic rings. The maximum atomic E-state index is 10.5. The van der Waals surface area contributed by atoms with Gasteiger partial charge in [-0.1, -0.05) is 20.8 Å². The maximum Gasteiger partial charge on any atom is 1.00 e. The van der Waals surface area contributed by atoms with E-state index in [0.717, 1.165) is 12.8 Å². The van der Waals surface area contributed by atoms with E-state index in [-0.39, 0.29) is 70.4 Å². The van der Waals surface area contributed by atoms with Crippen LogP contribution in [-0.4, -0.2) is 26.1 Å². The molecule has 0 saturated carbocycles. The van der Waals surface area contributed by atoms with Gasteiger partial charge in [-0.25, -0.2) is 0 Å². The first-order valence-electron chi connectivity index (χ1n) is 5.02. The monoisotopic (exact) mass is 228 g/mol. The molecule has 0 bridgehead atoms. The molecule has 0 aromatic rings. The first kappa shape index (κ1) is 17.9. The van der Waals surface area contributed by atoms with Crippen LogP contribution in [0.2, 0.25) is 0 Å². The molecule has 3 nitrogen and oxygen atoms in total. The van der Waals surface area contributed by atoms with Crippen LogP contribution in [0.3, 0.4) is 0 Å². The second kappa shape index (κ2) is 11.0. The van der Waals surface area contributed by atoms with Crippen LogP contribution >= 0.6 is 0 Å². The second-order valence-electron chi connectivity index (χ2n) is 3.17. The minimum Gasteiger partial charge on any atom is -0.853 e. The topological polar surface area (TPSA) is 41.5 Å². The number of ether oxygens (including phenoxy) is 2. The number of hydrogen-bond donors (Lipinski definition) is 0. The summed E-state index contributed by atoms with van der Waals surface area (Å²) in [5, 5.41) is 10.5. The Hall–Kier alpha value is 1.52. The van der Waals surface area contributed by atoms with Crippen molar-refractivity contribution >= 4 is 0 Å². The molecule has 1 heterocycles. The summed E-state index contributed by atoms with van der Waals surface area (Å²) < 4.78 is 10.4. The smallest absolute Gasteiger partial charge is 0.853 e. The van der Waals surface area contributed by atoms with Gasteiger partial charge in [0, 0.05) is 19.6 Å². The Kier molecular flexibility index (Phi) is 14.1. The van der Waals surface area contributed by atoms with Gasteiger partial charge in [-0.05, 0) is 12.3 Å². The molecular weight excluding hydrogens is 207 g/mol. The SMILES string of the molecule is CC.COC1CC(C)CC(C[O-])O1.[K+]. The molecule has 1 rings (SSSR count). The van der Waals surface area contributed by atoms with Crippen LogP contribution in [0.1, 0.15) is 33.6 Å². The second-order valence-corrected chi connectivity index (χ2v) is 3.17. The van der Waals surface area contributed by atoms with Gasteiger partial charge in [0.25, 0.3) is 0 Å². The van der Waals surface area contributed by atoms with Crippen LogP contribution in [0.5, 0.6) is 0 Å². The van der Waals surface area contributed by atoms with Gasteiger partial charge in [-0.15, -0.1) is 6.61 Å². The molecule has 0 aliphatic carbocycles. The predicted octanol–water partition coefficient (Wildman–Crippen LogP) is -1.84. The molecule has 0 N–H and O–H groups in total. The van der Waals surface area contributed by atoms with E-state index in [9.17, 15) is 5.11 Å². The minimum absolute atomic E-state index is 0. The van der Waals surface area contributed by atoms with Crippen molar-refractivity contribution in [2.45, 2.75) is 46.0 Å². The van der Waals surface area contributed by atoms with E-state index < -0.39 is 0 Å². The van der Waals surface area contributed by atoms with Gasteiger partial charge in [0.1, 0.15) is 0 Å². The van der Waals surface area contributed by atoms with Crippen molar-refractivity contribution in [3.63, 3.8) is 0 Å². The summed E-state index contributed by atoms with van der Waals surface area (Å²) in [6.45, 7) is 5.97. The zero-order chi connectivity index (χ0) is 10.3. The van der Waals surface area contributed by atoms with Crippen molar-refractivity contribution in [2.24, 2.45) is 5.92 Å². The first-order valence-corrected chi connectivity index (χ1v) is 5.02. The summed E-state index contributed by atoms with van der Waals surface area (Å²) in [7, 11) is 1.62. The van der Waals surface area contributed by atoms with Gasteiger partial charge in [0.2, 0.25) is 0 Å². The molecule has 0 radical (unpaired) electrons. The standard InChI is InChI=1S/C8H15O3.C2H6.K/c1-6-3-7(5-9)11-8(4-6)10-2;1-2;/h6-8H,3-5H2,1-2H3;1-2H3;/q-1;;+1. The molecule has 14 heavy (non-hydrogen) atoms. The zero-order valence-corrected chi connectivity index (χ0v) is 13.2. The molecule has 0 amide bonds. The van der Waals surface area contributed by atoms with Crippen LogP contribution in [0, 0.1) is 5.92 Å². The van der Waals surface area contributed by atoms with Crippen molar-refractivity contribution in [2.75, 3.05) is 13.7 Å². The molecule has 1 fully saturated rings. The Morgan fingerprint density at radius 3 is 2.36 bits per heavy atom. The number of hydrogen-bond acceptors (Lipinski definition) is 3. The fraction of sp³-hybridized carbons (Fsp3) is 1.00. The van der Waals surface area contributed by atoms with Crippen molar-refractivity contribution < 1.29 is 66.0 Å². The van der Waals surface area contributed by atoms with Gasteiger partial charge < -0.3 is 14.6 Å². The molecule has 80 valence electrons. The molecule has 0 spiro atoms. The Morgan fingerprint density at radius 1 is 1.36 bits per heavy atom. The fourth-order valence-electron chi connectivity index (χ4n) is 1.46. The van der Waals surface area contributed by atoms with E-state index >= 15 is 0 Å². The normalized spacial score (nSPS) is 31.1. The Morgan fingerprint density at radius 2 is 1.93 bits per heavy atom. The van der Waals surface area contributed by atoms with Gasteiger partial charge in [-0.2, -0.15) is 0 Å². The predicted molar refractivity (Wildman–Crippen MR) is 50.3 cm³/mol. The number of methoxy groups -OCH3 is 1. The zero-order valence-electron chi connectivity index (χ0n) is 10.1. The summed E-state index contributed by atoms with van der Waals surface area (Å²) in [5.41, 5.74) is 0. The van der Waals surface area contributed by atoms with Crippen LogP contribution in [-0.2, 0) is 9.47 Å². The molecular formula is C10H21KO3. The van der Waals surface area contributed by atoms with Gasteiger partial charge in [0.05, 0.1) is 0 Å². The van der Waals surface area contributed by atoms with Crippen molar-refractivity contribution in [3.8, 4) is 0 Å². The van der Waals surface area contributed by atoms with Gasteiger partial charge in [-0.3, -0.25) is 0 Å². The van der Waals surface area contributed by atoms with Gasteiger partial charge >= 0.3 is 51.4 Å². The van der Waals surface area contributed by atoms with E-state index in [2.05, 4.69) is 6.92 Å². The Labute approximate surface area is 130 Å². The van der Waals surface area contributed by atoms with Crippen molar-refractivity contribution in [3.05, 3.63) is 0 Å². The van der Waals surface area contributed by atoms with Crippen LogP contribution in [0.25, 0.3) is 0 Å². The average molecular weight is 228 g/mol. The molecule has 1 saturated heterocycles. The molecule has 0 aromatic heterocycles. The van der Waals surface area contributed by atoms with Crippen LogP contribution in [0.4, 0.5) is 0 Å². The van der Waals surface area contributed by atoms with E-state index in [1.807, 2.05) is 13.8 Å². The van der Waals surface area contributed by atoms with Gasteiger partial charge in [0.15, 0.2) is 6.29 Å². The molecule has 0 aromatic carbocycles. The quantitative estimate of drug-likeness (QED) is 0.522. The van der Waals surface area contributed by atoms with Crippen molar-refractivity contribution in [1.82, 2.24) is 0 Å². The molecule has 3 unspecified atom stereocenters. The third kappa shape index (κ3) is 6.90. The van der Waals surface area contributed by atoms with E-state index in [1.165, 1.54) is 0 Å². The maximum absolute atomic E-state index is 10.5. The molecule has 1 aliphatic heterocycles. The molecule has 4 heteroatoms. The van der Waals surface area contributed by atoms with E-state index in [0.29, 0.717) is 5.92 Å². The summed E-state index contributed by atoms with van der Waals surface area (Å²) >= 11 is 0. The third-order valence-corrected chi connectivity index (χ3v) is 2.05.